The lowest BCUT2D eigenvalue weighted by Crippen LogP contribution is -2.29. The van der Waals surface area contributed by atoms with Gasteiger partial charge in [0.2, 0.25) is 5.95 Å². The second-order valence-corrected chi connectivity index (χ2v) is 4.30. The molecule has 0 aliphatic carbocycles. The molecule has 4 N–H and O–H groups in total. The molecule has 7 nitrogen and oxygen atoms in total. The van der Waals surface area contributed by atoms with Crippen molar-refractivity contribution in [2.75, 3.05) is 5.73 Å². The summed E-state index contributed by atoms with van der Waals surface area (Å²) in [5.41, 5.74) is 7.12. The number of rotatable bonds is 3. The highest BCUT2D eigenvalue weighted by molar-refractivity contribution is 5.96. The predicted octanol–water partition coefficient (Wildman–Crippen LogP) is 0.890. The Morgan fingerprint density at radius 3 is 2.53 bits per heavy atom. The van der Waals surface area contributed by atoms with Crippen molar-refractivity contribution in [3.05, 3.63) is 35.2 Å². The average molecular weight is 260 g/mol. The van der Waals surface area contributed by atoms with Crippen LogP contribution in [0.1, 0.15) is 40.5 Å². The Kier molecular flexibility index (Phi) is 3.46. The Morgan fingerprint density at radius 1 is 1.37 bits per heavy atom. The molecular formula is C12H16N6O. The summed E-state index contributed by atoms with van der Waals surface area (Å²) in [6, 6.07) is -0.223. The molecule has 0 saturated carbocycles. The number of carbonyl (C=O) groups is 1. The van der Waals surface area contributed by atoms with Crippen LogP contribution in [0.2, 0.25) is 0 Å². The van der Waals surface area contributed by atoms with E-state index < -0.39 is 0 Å². The van der Waals surface area contributed by atoms with Gasteiger partial charge in [0, 0.05) is 12.4 Å². The molecular weight excluding hydrogens is 244 g/mol. The molecule has 2 rings (SSSR count). The Balaban J connectivity index is 2.21. The van der Waals surface area contributed by atoms with Crippen molar-refractivity contribution in [3.63, 3.8) is 0 Å². The molecule has 2 aromatic rings. The van der Waals surface area contributed by atoms with Gasteiger partial charge in [-0.3, -0.25) is 4.79 Å². The van der Waals surface area contributed by atoms with Gasteiger partial charge in [0.05, 0.1) is 23.0 Å². The highest BCUT2D eigenvalue weighted by Crippen LogP contribution is 2.13. The predicted molar refractivity (Wildman–Crippen MR) is 70.4 cm³/mol. The van der Waals surface area contributed by atoms with Gasteiger partial charge in [0.1, 0.15) is 5.82 Å². The summed E-state index contributed by atoms with van der Waals surface area (Å²) in [4.78, 5) is 27.3. The van der Waals surface area contributed by atoms with E-state index in [1.54, 1.807) is 26.2 Å². The second-order valence-electron chi connectivity index (χ2n) is 4.30. The molecule has 0 aliphatic rings. The number of imidazole rings is 1. The molecule has 1 amide bonds. The van der Waals surface area contributed by atoms with Crippen LogP contribution in [-0.2, 0) is 0 Å². The van der Waals surface area contributed by atoms with Crippen LogP contribution in [-0.4, -0.2) is 25.8 Å². The number of hydrogen-bond donors (Lipinski definition) is 3. The number of amides is 1. The van der Waals surface area contributed by atoms with Gasteiger partial charge >= 0.3 is 0 Å². The highest BCUT2D eigenvalue weighted by atomic mass is 16.1. The zero-order valence-corrected chi connectivity index (χ0v) is 11.1. The van der Waals surface area contributed by atoms with E-state index in [1.165, 1.54) is 0 Å². The van der Waals surface area contributed by atoms with Crippen molar-refractivity contribution in [1.82, 2.24) is 25.3 Å². The lowest BCUT2D eigenvalue weighted by molar-refractivity contribution is 0.0936. The Bertz CT molecular complexity index is 569. The summed E-state index contributed by atoms with van der Waals surface area (Å²) >= 11 is 0. The topological polar surface area (TPSA) is 110 Å². The van der Waals surface area contributed by atoms with Crippen molar-refractivity contribution >= 4 is 11.9 Å². The van der Waals surface area contributed by atoms with E-state index in [0.29, 0.717) is 22.8 Å². The number of carbonyl (C=O) groups excluding carboxylic acids is 1. The van der Waals surface area contributed by atoms with Gasteiger partial charge in [0.25, 0.3) is 5.91 Å². The fourth-order valence-electron chi connectivity index (χ4n) is 1.92. The van der Waals surface area contributed by atoms with Crippen LogP contribution in [0.4, 0.5) is 5.95 Å². The third-order valence-electron chi connectivity index (χ3n) is 2.79. The molecule has 7 heteroatoms. The first-order chi connectivity index (χ1) is 8.99. The number of aryl methyl sites for hydroxylation is 2. The maximum atomic E-state index is 12.2. The number of aromatic nitrogens is 4. The lowest BCUT2D eigenvalue weighted by atomic mass is 10.1. The molecule has 100 valence electrons. The third-order valence-corrected chi connectivity index (χ3v) is 2.79. The Hall–Kier alpha value is -2.44. The first-order valence-electron chi connectivity index (χ1n) is 5.90. The fraction of sp³-hybridized carbons (Fsp3) is 0.333. The summed E-state index contributed by atoms with van der Waals surface area (Å²) < 4.78 is 0. The van der Waals surface area contributed by atoms with Crippen molar-refractivity contribution in [2.24, 2.45) is 0 Å². The van der Waals surface area contributed by atoms with Gasteiger partial charge in [-0.25, -0.2) is 15.0 Å². The van der Waals surface area contributed by atoms with Crippen LogP contribution < -0.4 is 11.1 Å². The Morgan fingerprint density at radius 2 is 2.00 bits per heavy atom. The summed E-state index contributed by atoms with van der Waals surface area (Å²) in [6.07, 6.45) is 3.35. The van der Waals surface area contributed by atoms with Crippen molar-refractivity contribution in [3.8, 4) is 0 Å². The van der Waals surface area contributed by atoms with E-state index in [2.05, 4.69) is 25.3 Å². The molecule has 0 bridgehead atoms. The minimum Gasteiger partial charge on any atom is -0.368 e. The maximum Gasteiger partial charge on any atom is 0.255 e. The molecule has 2 heterocycles. The second kappa shape index (κ2) is 5.05. The SMILES string of the molecule is Cc1nc(N)nc(C)c1C(=O)N[C@H](C)c1ncc[nH]1. The first-order valence-corrected chi connectivity index (χ1v) is 5.90. The number of nitrogen functional groups attached to an aromatic ring is 1. The number of anilines is 1. The number of nitrogens with one attached hydrogen (secondary N) is 2. The van der Waals surface area contributed by atoms with Gasteiger partial charge < -0.3 is 16.0 Å². The minimum atomic E-state index is -0.237. The van der Waals surface area contributed by atoms with Crippen LogP contribution in [0, 0.1) is 13.8 Å². The monoisotopic (exact) mass is 260 g/mol. The fourth-order valence-corrected chi connectivity index (χ4v) is 1.92. The summed E-state index contributed by atoms with van der Waals surface area (Å²) in [7, 11) is 0. The van der Waals surface area contributed by atoms with Crippen LogP contribution >= 0.6 is 0 Å². The Labute approximate surface area is 110 Å². The van der Waals surface area contributed by atoms with Crippen LogP contribution in [0.3, 0.4) is 0 Å². The van der Waals surface area contributed by atoms with Gasteiger partial charge in [-0.05, 0) is 20.8 Å². The van der Waals surface area contributed by atoms with E-state index in [4.69, 9.17) is 5.73 Å². The molecule has 0 spiro atoms. The maximum absolute atomic E-state index is 12.2. The molecule has 0 fully saturated rings. The molecule has 0 saturated heterocycles. The van der Waals surface area contributed by atoms with E-state index in [9.17, 15) is 4.79 Å². The van der Waals surface area contributed by atoms with Crippen LogP contribution in [0.25, 0.3) is 0 Å². The normalized spacial score (nSPS) is 12.2. The van der Waals surface area contributed by atoms with Crippen LogP contribution in [0.5, 0.6) is 0 Å². The highest BCUT2D eigenvalue weighted by Gasteiger charge is 2.18. The third kappa shape index (κ3) is 2.70. The van der Waals surface area contributed by atoms with Gasteiger partial charge in [-0.1, -0.05) is 0 Å². The summed E-state index contributed by atoms with van der Waals surface area (Å²) in [6.45, 7) is 5.31. The number of H-pyrrole nitrogens is 1. The van der Waals surface area contributed by atoms with E-state index in [1.807, 2.05) is 6.92 Å². The smallest absolute Gasteiger partial charge is 0.255 e. The molecule has 0 aromatic carbocycles. The zero-order valence-electron chi connectivity index (χ0n) is 11.1. The van der Waals surface area contributed by atoms with Crippen LogP contribution in [0.15, 0.2) is 12.4 Å². The standard InChI is InChI=1S/C12H16N6O/c1-6-9(7(2)18-12(13)17-6)11(19)16-8(3)10-14-4-5-15-10/h4-5,8H,1-3H3,(H,14,15)(H,16,19)(H2,13,17,18)/t8-/m1/s1. The molecule has 19 heavy (non-hydrogen) atoms. The van der Waals surface area contributed by atoms with Crippen molar-refractivity contribution in [2.45, 2.75) is 26.8 Å². The number of aromatic amines is 1. The van der Waals surface area contributed by atoms with Gasteiger partial charge in [-0.2, -0.15) is 0 Å². The van der Waals surface area contributed by atoms with E-state index in [-0.39, 0.29) is 17.9 Å². The summed E-state index contributed by atoms with van der Waals surface area (Å²) in [5, 5.41) is 2.85. The van der Waals surface area contributed by atoms with Crippen molar-refractivity contribution in [1.29, 1.82) is 0 Å². The number of nitrogens with zero attached hydrogens (tertiary/aromatic N) is 3. The summed E-state index contributed by atoms with van der Waals surface area (Å²) in [5.74, 6) is 0.629. The quantitative estimate of drug-likeness (QED) is 0.759. The molecule has 1 atom stereocenters. The molecule has 0 unspecified atom stereocenters. The zero-order chi connectivity index (χ0) is 14.0. The minimum absolute atomic E-state index is 0.172. The molecule has 2 aromatic heterocycles. The lowest BCUT2D eigenvalue weighted by Gasteiger charge is -2.14. The first kappa shape index (κ1) is 13.0. The molecule has 0 radical (unpaired) electrons. The van der Waals surface area contributed by atoms with Gasteiger partial charge in [-0.15, -0.1) is 0 Å². The average Bonchev–Trinajstić information content (AvgIpc) is 2.80. The largest absolute Gasteiger partial charge is 0.368 e. The number of hydrogen-bond acceptors (Lipinski definition) is 5. The van der Waals surface area contributed by atoms with E-state index >= 15 is 0 Å². The van der Waals surface area contributed by atoms with Gasteiger partial charge in [0.15, 0.2) is 0 Å². The van der Waals surface area contributed by atoms with E-state index in [0.717, 1.165) is 0 Å². The van der Waals surface area contributed by atoms with Crippen molar-refractivity contribution < 1.29 is 4.79 Å². The number of nitrogens with two attached hydrogens (primary N) is 1. The molecule has 0 aliphatic heterocycles.